The zero-order valence-electron chi connectivity index (χ0n) is 11.1. The van der Waals surface area contributed by atoms with Crippen molar-refractivity contribution in [1.29, 1.82) is 0 Å². The molecule has 1 saturated heterocycles. The maximum Gasteiger partial charge on any atom is 0.119 e. The van der Waals surface area contributed by atoms with Crippen molar-refractivity contribution in [3.8, 4) is 5.75 Å². The number of ether oxygens (including phenoxy) is 1. The van der Waals surface area contributed by atoms with Crippen molar-refractivity contribution in [3.05, 3.63) is 24.3 Å². The van der Waals surface area contributed by atoms with Crippen molar-refractivity contribution >= 4 is 5.69 Å². The third-order valence-electron chi connectivity index (χ3n) is 3.92. The van der Waals surface area contributed by atoms with Gasteiger partial charge < -0.3 is 9.64 Å². The molecule has 1 fully saturated rings. The van der Waals surface area contributed by atoms with Gasteiger partial charge in [-0.1, -0.05) is 13.8 Å². The minimum atomic E-state index is 0.827. The number of piperidine rings is 1. The molecular weight excluding hydrogens is 210 g/mol. The Morgan fingerprint density at radius 3 is 2.18 bits per heavy atom. The molecule has 0 bridgehead atoms. The van der Waals surface area contributed by atoms with Crippen LogP contribution >= 0.6 is 0 Å². The van der Waals surface area contributed by atoms with E-state index >= 15 is 0 Å². The predicted molar refractivity (Wildman–Crippen MR) is 72.8 cm³/mol. The summed E-state index contributed by atoms with van der Waals surface area (Å²) in [4.78, 5) is 2.48. The number of hydrogen-bond acceptors (Lipinski definition) is 2. The van der Waals surface area contributed by atoms with Gasteiger partial charge in [-0.15, -0.1) is 0 Å². The van der Waals surface area contributed by atoms with Crippen LogP contribution in [0.4, 0.5) is 5.69 Å². The molecule has 0 amide bonds. The Balaban J connectivity index is 1.95. The van der Waals surface area contributed by atoms with E-state index in [0.717, 1.165) is 17.6 Å². The fraction of sp³-hybridized carbons (Fsp3) is 0.600. The number of rotatable bonds is 3. The van der Waals surface area contributed by atoms with E-state index in [9.17, 15) is 0 Å². The van der Waals surface area contributed by atoms with Crippen molar-refractivity contribution in [2.45, 2.75) is 26.7 Å². The van der Waals surface area contributed by atoms with Crippen LogP contribution in [0.3, 0.4) is 0 Å². The first kappa shape index (κ1) is 12.3. The van der Waals surface area contributed by atoms with Crippen LogP contribution in [-0.2, 0) is 0 Å². The predicted octanol–water partition coefficient (Wildman–Crippen LogP) is 3.57. The van der Waals surface area contributed by atoms with Gasteiger partial charge in [0.25, 0.3) is 0 Å². The number of benzene rings is 1. The standard InChI is InChI=1S/C15H23NO/c1-12(2)13-8-10-16(11-9-13)14-4-6-15(17-3)7-5-14/h4-7,12-13H,8-11H2,1-3H3. The van der Waals surface area contributed by atoms with Crippen molar-refractivity contribution in [1.82, 2.24) is 0 Å². The molecule has 2 rings (SSSR count). The van der Waals surface area contributed by atoms with E-state index in [1.807, 2.05) is 12.1 Å². The van der Waals surface area contributed by atoms with Crippen LogP contribution in [0, 0.1) is 11.8 Å². The lowest BCUT2D eigenvalue weighted by molar-refractivity contribution is 0.311. The Labute approximate surface area is 105 Å². The first-order valence-electron chi connectivity index (χ1n) is 6.59. The minimum Gasteiger partial charge on any atom is -0.497 e. The highest BCUT2D eigenvalue weighted by molar-refractivity contribution is 5.49. The van der Waals surface area contributed by atoms with Crippen LogP contribution in [0.5, 0.6) is 5.75 Å². The van der Waals surface area contributed by atoms with Gasteiger partial charge in [-0.3, -0.25) is 0 Å². The maximum atomic E-state index is 5.19. The maximum absolute atomic E-state index is 5.19. The molecule has 1 aromatic carbocycles. The molecule has 94 valence electrons. The van der Waals surface area contributed by atoms with Gasteiger partial charge >= 0.3 is 0 Å². The number of anilines is 1. The van der Waals surface area contributed by atoms with Crippen molar-refractivity contribution < 1.29 is 4.74 Å². The summed E-state index contributed by atoms with van der Waals surface area (Å²) in [5.74, 6) is 2.67. The van der Waals surface area contributed by atoms with Gasteiger partial charge in [0.15, 0.2) is 0 Å². The van der Waals surface area contributed by atoms with E-state index in [0.29, 0.717) is 0 Å². The first-order valence-corrected chi connectivity index (χ1v) is 6.59. The molecule has 0 unspecified atom stereocenters. The largest absolute Gasteiger partial charge is 0.497 e. The van der Waals surface area contributed by atoms with Gasteiger partial charge in [-0.2, -0.15) is 0 Å². The Morgan fingerprint density at radius 2 is 1.71 bits per heavy atom. The van der Waals surface area contributed by atoms with Crippen LogP contribution in [0.15, 0.2) is 24.3 Å². The van der Waals surface area contributed by atoms with Crippen LogP contribution in [0.1, 0.15) is 26.7 Å². The molecule has 0 N–H and O–H groups in total. The van der Waals surface area contributed by atoms with Gasteiger partial charge in [0.05, 0.1) is 7.11 Å². The fourth-order valence-corrected chi connectivity index (χ4v) is 2.62. The zero-order valence-corrected chi connectivity index (χ0v) is 11.1. The van der Waals surface area contributed by atoms with Gasteiger partial charge in [0.2, 0.25) is 0 Å². The molecule has 2 heteroatoms. The number of hydrogen-bond donors (Lipinski definition) is 0. The highest BCUT2D eigenvalue weighted by atomic mass is 16.5. The van der Waals surface area contributed by atoms with Crippen LogP contribution in [-0.4, -0.2) is 20.2 Å². The van der Waals surface area contributed by atoms with Gasteiger partial charge in [-0.25, -0.2) is 0 Å². The topological polar surface area (TPSA) is 12.5 Å². The second-order valence-electron chi connectivity index (χ2n) is 5.27. The third-order valence-corrected chi connectivity index (χ3v) is 3.92. The van der Waals surface area contributed by atoms with E-state index in [1.54, 1.807) is 7.11 Å². The number of methoxy groups -OCH3 is 1. The molecule has 1 heterocycles. The smallest absolute Gasteiger partial charge is 0.119 e. The van der Waals surface area contributed by atoms with Crippen molar-refractivity contribution in [2.24, 2.45) is 11.8 Å². The molecule has 17 heavy (non-hydrogen) atoms. The van der Waals surface area contributed by atoms with E-state index in [-0.39, 0.29) is 0 Å². The summed E-state index contributed by atoms with van der Waals surface area (Å²) in [6.07, 6.45) is 2.65. The summed E-state index contributed by atoms with van der Waals surface area (Å²) in [6.45, 7) is 7.06. The molecule has 0 spiro atoms. The van der Waals surface area contributed by atoms with E-state index in [2.05, 4.69) is 30.9 Å². The van der Waals surface area contributed by atoms with Crippen LogP contribution in [0.2, 0.25) is 0 Å². The highest BCUT2D eigenvalue weighted by Crippen LogP contribution is 2.28. The van der Waals surface area contributed by atoms with E-state index in [1.165, 1.54) is 31.6 Å². The lowest BCUT2D eigenvalue weighted by Gasteiger charge is -2.35. The average Bonchev–Trinajstić information content (AvgIpc) is 2.39. The molecule has 1 aromatic rings. The first-order chi connectivity index (χ1) is 8.20. The summed E-state index contributed by atoms with van der Waals surface area (Å²) in [5.41, 5.74) is 1.33. The van der Waals surface area contributed by atoms with Crippen LogP contribution in [0.25, 0.3) is 0 Å². The summed E-state index contributed by atoms with van der Waals surface area (Å²) in [5, 5.41) is 0. The Morgan fingerprint density at radius 1 is 1.12 bits per heavy atom. The second kappa shape index (κ2) is 5.44. The Kier molecular flexibility index (Phi) is 3.93. The Bertz CT molecular complexity index is 336. The quantitative estimate of drug-likeness (QED) is 0.791. The minimum absolute atomic E-state index is 0.827. The average molecular weight is 233 g/mol. The molecule has 1 aliphatic heterocycles. The Hall–Kier alpha value is -1.18. The van der Waals surface area contributed by atoms with E-state index < -0.39 is 0 Å². The lowest BCUT2D eigenvalue weighted by Crippen LogP contribution is -2.35. The van der Waals surface area contributed by atoms with Gasteiger partial charge in [-0.05, 0) is 48.9 Å². The van der Waals surface area contributed by atoms with Crippen LogP contribution < -0.4 is 9.64 Å². The second-order valence-corrected chi connectivity index (χ2v) is 5.27. The SMILES string of the molecule is COc1ccc(N2CCC(C(C)C)CC2)cc1. The highest BCUT2D eigenvalue weighted by Gasteiger charge is 2.21. The molecule has 2 nitrogen and oxygen atoms in total. The molecule has 0 aromatic heterocycles. The monoisotopic (exact) mass is 233 g/mol. The normalized spacial score (nSPS) is 17.5. The summed E-state index contributed by atoms with van der Waals surface area (Å²) < 4.78 is 5.19. The van der Waals surface area contributed by atoms with Gasteiger partial charge in [0, 0.05) is 18.8 Å². The summed E-state index contributed by atoms with van der Waals surface area (Å²) in [6, 6.07) is 8.41. The lowest BCUT2D eigenvalue weighted by atomic mass is 9.86. The molecule has 0 radical (unpaired) electrons. The fourth-order valence-electron chi connectivity index (χ4n) is 2.62. The molecule has 0 aliphatic carbocycles. The summed E-state index contributed by atoms with van der Waals surface area (Å²) in [7, 11) is 1.71. The van der Waals surface area contributed by atoms with Crippen molar-refractivity contribution in [2.75, 3.05) is 25.1 Å². The molecule has 0 atom stereocenters. The van der Waals surface area contributed by atoms with Crippen molar-refractivity contribution in [3.63, 3.8) is 0 Å². The summed E-state index contributed by atoms with van der Waals surface area (Å²) >= 11 is 0. The zero-order chi connectivity index (χ0) is 12.3. The van der Waals surface area contributed by atoms with Gasteiger partial charge in [0.1, 0.15) is 5.75 Å². The van der Waals surface area contributed by atoms with E-state index in [4.69, 9.17) is 4.74 Å². The molecule has 0 saturated carbocycles. The third kappa shape index (κ3) is 2.93. The molecular formula is C15H23NO. The molecule has 1 aliphatic rings. The number of nitrogens with zero attached hydrogens (tertiary/aromatic N) is 1.